The standard InChI is InChI=1S/C18H21NO4/c1-11-7-8-19(14(9-11)18(21)22)17(20)12(2)16-10-13-5-3-4-6-15(13)23-16/h3-6,10-12,14H,7-9H2,1-2H3,(H,21,22). The van der Waals surface area contributed by atoms with Crippen molar-refractivity contribution in [3.63, 3.8) is 0 Å². The van der Waals surface area contributed by atoms with E-state index in [9.17, 15) is 14.7 Å². The van der Waals surface area contributed by atoms with E-state index in [0.29, 0.717) is 24.6 Å². The van der Waals surface area contributed by atoms with Crippen molar-refractivity contribution in [2.24, 2.45) is 5.92 Å². The number of hydrogen-bond acceptors (Lipinski definition) is 3. The zero-order chi connectivity index (χ0) is 16.6. The number of carboxylic acids is 1. The Labute approximate surface area is 134 Å². The minimum absolute atomic E-state index is 0.177. The fraction of sp³-hybridized carbons (Fsp3) is 0.444. The number of fused-ring (bicyclic) bond motifs is 1. The average Bonchev–Trinajstić information content (AvgIpc) is 2.97. The van der Waals surface area contributed by atoms with E-state index < -0.39 is 17.9 Å². The van der Waals surface area contributed by atoms with Crippen LogP contribution < -0.4 is 0 Å². The number of carboxylic acid groups (broad SMARTS) is 1. The Balaban J connectivity index is 1.84. The second-order valence-corrected chi connectivity index (χ2v) is 6.42. The minimum Gasteiger partial charge on any atom is -0.480 e. The van der Waals surface area contributed by atoms with Crippen molar-refractivity contribution in [3.8, 4) is 0 Å². The van der Waals surface area contributed by atoms with E-state index in [4.69, 9.17) is 4.42 Å². The first-order valence-electron chi connectivity index (χ1n) is 7.99. The molecule has 0 aliphatic carbocycles. The van der Waals surface area contributed by atoms with Crippen LogP contribution in [0, 0.1) is 5.92 Å². The van der Waals surface area contributed by atoms with Gasteiger partial charge in [-0.3, -0.25) is 4.79 Å². The van der Waals surface area contributed by atoms with E-state index in [1.165, 1.54) is 4.90 Å². The van der Waals surface area contributed by atoms with E-state index >= 15 is 0 Å². The van der Waals surface area contributed by atoms with Gasteiger partial charge in [0.05, 0.1) is 5.92 Å². The molecular weight excluding hydrogens is 294 g/mol. The van der Waals surface area contributed by atoms with Gasteiger partial charge >= 0.3 is 5.97 Å². The quantitative estimate of drug-likeness (QED) is 0.944. The molecule has 0 saturated carbocycles. The third kappa shape index (κ3) is 2.96. The number of benzene rings is 1. The van der Waals surface area contributed by atoms with Gasteiger partial charge in [-0.25, -0.2) is 4.79 Å². The molecule has 5 nitrogen and oxygen atoms in total. The average molecular weight is 315 g/mol. The van der Waals surface area contributed by atoms with Crippen LogP contribution in [0.4, 0.5) is 0 Å². The van der Waals surface area contributed by atoms with Crippen molar-refractivity contribution in [3.05, 3.63) is 36.1 Å². The van der Waals surface area contributed by atoms with E-state index in [0.717, 1.165) is 17.4 Å². The number of amides is 1. The van der Waals surface area contributed by atoms with E-state index in [1.807, 2.05) is 37.3 Å². The molecule has 23 heavy (non-hydrogen) atoms. The molecule has 1 saturated heterocycles. The summed E-state index contributed by atoms with van der Waals surface area (Å²) in [5.74, 6) is -0.691. The molecule has 5 heteroatoms. The molecular formula is C18H21NO4. The highest BCUT2D eigenvalue weighted by Gasteiger charge is 2.37. The Bertz CT molecular complexity index is 702. The lowest BCUT2D eigenvalue weighted by Crippen LogP contribution is -2.51. The molecule has 0 radical (unpaired) electrons. The van der Waals surface area contributed by atoms with Crippen LogP contribution in [0.5, 0.6) is 0 Å². The van der Waals surface area contributed by atoms with Gasteiger partial charge in [-0.2, -0.15) is 0 Å². The van der Waals surface area contributed by atoms with Crippen molar-refractivity contribution in [2.45, 2.75) is 38.6 Å². The van der Waals surface area contributed by atoms with E-state index in [-0.39, 0.29) is 5.91 Å². The lowest BCUT2D eigenvalue weighted by molar-refractivity contribution is -0.153. The fourth-order valence-electron chi connectivity index (χ4n) is 3.23. The number of hydrogen-bond donors (Lipinski definition) is 1. The molecule has 122 valence electrons. The minimum atomic E-state index is -0.929. The Morgan fingerprint density at radius 1 is 1.35 bits per heavy atom. The maximum atomic E-state index is 12.8. The highest BCUT2D eigenvalue weighted by atomic mass is 16.4. The largest absolute Gasteiger partial charge is 0.480 e. The van der Waals surface area contributed by atoms with Crippen molar-refractivity contribution >= 4 is 22.8 Å². The summed E-state index contributed by atoms with van der Waals surface area (Å²) in [4.78, 5) is 25.8. The Hall–Kier alpha value is -2.30. The van der Waals surface area contributed by atoms with Gasteiger partial charge < -0.3 is 14.4 Å². The number of aliphatic carboxylic acids is 1. The molecule has 1 amide bonds. The summed E-state index contributed by atoms with van der Waals surface area (Å²) < 4.78 is 5.76. The summed E-state index contributed by atoms with van der Waals surface area (Å²) >= 11 is 0. The summed E-state index contributed by atoms with van der Waals surface area (Å²) in [6.07, 6.45) is 1.34. The van der Waals surface area contributed by atoms with Crippen LogP contribution >= 0.6 is 0 Å². The summed E-state index contributed by atoms with van der Waals surface area (Å²) in [7, 11) is 0. The maximum Gasteiger partial charge on any atom is 0.326 e. The monoisotopic (exact) mass is 315 g/mol. The third-order valence-electron chi connectivity index (χ3n) is 4.67. The Morgan fingerprint density at radius 3 is 2.78 bits per heavy atom. The molecule has 3 unspecified atom stereocenters. The van der Waals surface area contributed by atoms with Crippen LogP contribution in [0.3, 0.4) is 0 Å². The van der Waals surface area contributed by atoms with Gasteiger partial charge in [0, 0.05) is 11.9 Å². The molecule has 1 aromatic heterocycles. The summed E-state index contributed by atoms with van der Waals surface area (Å²) in [6, 6.07) is 8.72. The zero-order valence-corrected chi connectivity index (χ0v) is 13.4. The van der Waals surface area contributed by atoms with Gasteiger partial charge in [-0.05, 0) is 37.8 Å². The zero-order valence-electron chi connectivity index (χ0n) is 13.4. The molecule has 2 heterocycles. The number of nitrogens with zero attached hydrogens (tertiary/aromatic N) is 1. The predicted molar refractivity (Wildman–Crippen MR) is 86.2 cm³/mol. The first kappa shape index (κ1) is 15.6. The smallest absolute Gasteiger partial charge is 0.326 e. The summed E-state index contributed by atoms with van der Waals surface area (Å²) in [5.41, 5.74) is 0.740. The number of rotatable bonds is 3. The number of carbonyl (C=O) groups excluding carboxylic acids is 1. The molecule has 3 rings (SSSR count). The van der Waals surface area contributed by atoms with Crippen molar-refractivity contribution in [1.29, 1.82) is 0 Å². The molecule has 0 spiro atoms. The van der Waals surface area contributed by atoms with Crippen LogP contribution in [0.15, 0.2) is 34.7 Å². The molecule has 3 atom stereocenters. The van der Waals surface area contributed by atoms with Crippen LogP contribution in [-0.2, 0) is 9.59 Å². The van der Waals surface area contributed by atoms with Crippen molar-refractivity contribution in [1.82, 2.24) is 4.90 Å². The summed E-state index contributed by atoms with van der Waals surface area (Å²) in [5, 5.41) is 10.4. The highest BCUT2D eigenvalue weighted by molar-refractivity contribution is 5.89. The summed E-state index contributed by atoms with van der Waals surface area (Å²) in [6.45, 7) is 4.29. The topological polar surface area (TPSA) is 70.8 Å². The normalized spacial score (nSPS) is 23.0. The van der Waals surface area contributed by atoms with Gasteiger partial charge in [0.1, 0.15) is 17.4 Å². The third-order valence-corrected chi connectivity index (χ3v) is 4.67. The second-order valence-electron chi connectivity index (χ2n) is 6.42. The van der Waals surface area contributed by atoms with Crippen molar-refractivity contribution in [2.75, 3.05) is 6.54 Å². The van der Waals surface area contributed by atoms with Gasteiger partial charge in [-0.1, -0.05) is 25.1 Å². The molecule has 2 aromatic rings. The SMILES string of the molecule is CC1CCN(C(=O)C(C)c2cc3ccccc3o2)C(C(=O)O)C1. The number of carbonyl (C=O) groups is 2. The van der Waals surface area contributed by atoms with Gasteiger partial charge in [0.25, 0.3) is 0 Å². The molecule has 1 aliphatic heterocycles. The molecule has 1 aromatic carbocycles. The van der Waals surface area contributed by atoms with Gasteiger partial charge in [0.15, 0.2) is 0 Å². The van der Waals surface area contributed by atoms with Crippen LogP contribution in [0.2, 0.25) is 0 Å². The van der Waals surface area contributed by atoms with Gasteiger partial charge in [0.2, 0.25) is 5.91 Å². The number of para-hydroxylation sites is 1. The number of furan rings is 1. The van der Waals surface area contributed by atoms with E-state index in [1.54, 1.807) is 6.92 Å². The van der Waals surface area contributed by atoms with E-state index in [2.05, 4.69) is 0 Å². The predicted octanol–water partition coefficient (Wildman–Crippen LogP) is 3.25. The first-order valence-corrected chi connectivity index (χ1v) is 7.99. The molecule has 1 N–H and O–H groups in total. The molecule has 0 bridgehead atoms. The van der Waals surface area contributed by atoms with Crippen LogP contribution in [0.1, 0.15) is 38.4 Å². The Morgan fingerprint density at radius 2 is 2.09 bits per heavy atom. The first-order chi connectivity index (χ1) is 11.0. The highest BCUT2D eigenvalue weighted by Crippen LogP contribution is 2.30. The fourth-order valence-corrected chi connectivity index (χ4v) is 3.23. The Kier molecular flexibility index (Phi) is 4.11. The second kappa shape index (κ2) is 6.07. The lowest BCUT2D eigenvalue weighted by Gasteiger charge is -2.37. The van der Waals surface area contributed by atoms with Crippen molar-refractivity contribution < 1.29 is 19.1 Å². The van der Waals surface area contributed by atoms with Crippen LogP contribution in [-0.4, -0.2) is 34.5 Å². The number of likely N-dealkylation sites (tertiary alicyclic amines) is 1. The maximum absolute atomic E-state index is 12.8. The van der Waals surface area contributed by atoms with Crippen LogP contribution in [0.25, 0.3) is 11.0 Å². The molecule has 1 aliphatic rings. The number of piperidine rings is 1. The van der Waals surface area contributed by atoms with Gasteiger partial charge in [-0.15, -0.1) is 0 Å². The molecule has 1 fully saturated rings. The lowest BCUT2D eigenvalue weighted by atomic mass is 9.91.